The number of carbonyl (C=O) groups excluding carboxylic acids is 4. The third kappa shape index (κ3) is 16.5. The predicted molar refractivity (Wildman–Crippen MR) is 126 cm³/mol. The molecule has 33 heavy (non-hydrogen) atoms. The van der Waals surface area contributed by atoms with Gasteiger partial charge in [-0.1, -0.05) is 33.9 Å². The lowest BCUT2D eigenvalue weighted by molar-refractivity contribution is -0.139. The van der Waals surface area contributed by atoms with Gasteiger partial charge in [-0.3, -0.25) is 4.79 Å². The molecule has 0 aliphatic carbocycles. The minimum atomic E-state index is -0.569. The fraction of sp³-hybridized carbons (Fsp3) is 0.667. The van der Waals surface area contributed by atoms with Crippen molar-refractivity contribution in [2.75, 3.05) is 32.9 Å². The summed E-state index contributed by atoms with van der Waals surface area (Å²) < 4.78 is 14.9. The highest BCUT2D eigenvalue weighted by Gasteiger charge is 2.22. The molecule has 2 amide bonds. The molecule has 0 radical (unpaired) electrons. The zero-order chi connectivity index (χ0) is 25.4. The van der Waals surface area contributed by atoms with E-state index in [0.29, 0.717) is 31.5 Å². The van der Waals surface area contributed by atoms with E-state index in [1.807, 2.05) is 6.92 Å². The van der Waals surface area contributed by atoms with E-state index in [2.05, 4.69) is 37.6 Å². The predicted octanol–water partition coefficient (Wildman–Crippen LogP) is 3.93. The van der Waals surface area contributed by atoms with Gasteiger partial charge in [-0.25, -0.2) is 14.4 Å². The third-order valence-corrected chi connectivity index (χ3v) is 4.72. The monoisotopic (exact) mass is 468 g/mol. The first kappa shape index (κ1) is 30.2. The Hall–Kier alpha value is -2.84. The van der Waals surface area contributed by atoms with Crippen LogP contribution in [0.5, 0.6) is 0 Å². The molecule has 9 heteroatoms. The molecule has 0 aromatic heterocycles. The fourth-order valence-electron chi connectivity index (χ4n) is 2.98. The second kappa shape index (κ2) is 15.9. The first-order valence-electron chi connectivity index (χ1n) is 11.2. The first-order chi connectivity index (χ1) is 15.3. The molecule has 1 unspecified atom stereocenters. The van der Waals surface area contributed by atoms with Crippen LogP contribution in [-0.4, -0.2) is 56.8 Å². The molecule has 0 aromatic carbocycles. The SMILES string of the molecule is C=C(C)C(=O)CCCOC(=O)NCCC(C)(C)CC(C)CNC(=O)OCCOC(=O)C(=C)C. The van der Waals surface area contributed by atoms with Gasteiger partial charge in [-0.15, -0.1) is 0 Å². The lowest BCUT2D eigenvalue weighted by Crippen LogP contribution is -2.33. The Balaban J connectivity index is 3.96. The lowest BCUT2D eigenvalue weighted by atomic mass is 9.80. The molecule has 0 saturated heterocycles. The summed E-state index contributed by atoms with van der Waals surface area (Å²) in [5.41, 5.74) is 0.725. The molecule has 1 atom stereocenters. The van der Waals surface area contributed by atoms with Gasteiger partial charge in [0.2, 0.25) is 0 Å². The van der Waals surface area contributed by atoms with Gasteiger partial charge in [-0.05, 0) is 50.0 Å². The Morgan fingerprint density at radius 2 is 1.45 bits per heavy atom. The second-order valence-corrected chi connectivity index (χ2v) is 9.03. The summed E-state index contributed by atoms with van der Waals surface area (Å²) in [5.74, 6) is -0.360. The number of ether oxygens (including phenoxy) is 3. The number of ketones is 1. The molecule has 188 valence electrons. The van der Waals surface area contributed by atoms with Crippen LogP contribution in [0, 0.1) is 11.3 Å². The fourth-order valence-corrected chi connectivity index (χ4v) is 2.98. The van der Waals surface area contributed by atoms with Crippen LogP contribution in [0.25, 0.3) is 0 Å². The topological polar surface area (TPSA) is 120 Å². The number of alkyl carbamates (subject to hydrolysis) is 2. The number of carbonyl (C=O) groups is 4. The third-order valence-electron chi connectivity index (χ3n) is 4.72. The molecular weight excluding hydrogens is 428 g/mol. The number of nitrogens with one attached hydrogen (secondary N) is 2. The zero-order valence-corrected chi connectivity index (χ0v) is 20.7. The van der Waals surface area contributed by atoms with E-state index >= 15 is 0 Å². The number of rotatable bonds is 16. The van der Waals surface area contributed by atoms with Gasteiger partial charge in [0.1, 0.15) is 13.2 Å². The summed E-state index contributed by atoms with van der Waals surface area (Å²) in [5, 5.41) is 5.42. The molecule has 0 aliphatic rings. The van der Waals surface area contributed by atoms with Gasteiger partial charge in [0.25, 0.3) is 0 Å². The van der Waals surface area contributed by atoms with Crippen LogP contribution in [0.1, 0.15) is 60.3 Å². The minimum absolute atomic E-state index is 0.0241. The molecule has 0 fully saturated rings. The Kier molecular flexibility index (Phi) is 14.5. The number of hydrogen-bond acceptors (Lipinski definition) is 7. The maximum atomic E-state index is 11.8. The van der Waals surface area contributed by atoms with E-state index in [1.54, 1.807) is 6.92 Å². The van der Waals surface area contributed by atoms with Crippen molar-refractivity contribution >= 4 is 23.9 Å². The average Bonchev–Trinajstić information content (AvgIpc) is 2.71. The maximum Gasteiger partial charge on any atom is 0.407 e. The smallest absolute Gasteiger partial charge is 0.407 e. The van der Waals surface area contributed by atoms with Gasteiger partial charge in [0.05, 0.1) is 6.61 Å². The van der Waals surface area contributed by atoms with Crippen molar-refractivity contribution in [3.8, 4) is 0 Å². The number of allylic oxidation sites excluding steroid dienone is 1. The molecule has 9 nitrogen and oxygen atoms in total. The van der Waals surface area contributed by atoms with Crippen LogP contribution < -0.4 is 10.6 Å². The van der Waals surface area contributed by atoms with Crippen LogP contribution >= 0.6 is 0 Å². The number of hydrogen-bond donors (Lipinski definition) is 2. The summed E-state index contributed by atoms with van der Waals surface area (Å²) in [6.45, 7) is 17.5. The Labute approximate surface area is 197 Å². The van der Waals surface area contributed by atoms with Crippen molar-refractivity contribution in [2.45, 2.75) is 60.3 Å². The summed E-state index contributed by atoms with van der Waals surface area (Å²) in [6.07, 6.45) is 1.28. The minimum Gasteiger partial charge on any atom is -0.459 e. The molecule has 0 bridgehead atoms. The first-order valence-corrected chi connectivity index (χ1v) is 11.2. The Bertz CT molecular complexity index is 701. The second-order valence-electron chi connectivity index (χ2n) is 9.03. The summed E-state index contributed by atoms with van der Waals surface area (Å²) in [4.78, 5) is 46.2. The molecule has 0 rings (SSSR count). The number of amides is 2. The van der Waals surface area contributed by atoms with Gasteiger partial charge in [0.15, 0.2) is 5.78 Å². The average molecular weight is 469 g/mol. The van der Waals surface area contributed by atoms with Crippen LogP contribution in [0.3, 0.4) is 0 Å². The highest BCUT2D eigenvalue weighted by molar-refractivity contribution is 5.94. The summed E-state index contributed by atoms with van der Waals surface area (Å²) in [7, 11) is 0. The normalized spacial score (nSPS) is 11.7. The molecular formula is C24H40N2O7. The van der Waals surface area contributed by atoms with Crippen molar-refractivity contribution in [1.29, 1.82) is 0 Å². The van der Waals surface area contributed by atoms with E-state index in [9.17, 15) is 19.2 Å². The van der Waals surface area contributed by atoms with E-state index in [4.69, 9.17) is 14.2 Å². The standard InChI is InChI=1S/C24H40N2O7/c1-17(2)20(27)9-8-12-32-22(29)25-11-10-24(6,7)15-19(5)16-26-23(30)33-14-13-31-21(28)18(3)4/h19H,1,3,8-16H2,2,4-7H3,(H,25,29)(H,26,30). The van der Waals surface area contributed by atoms with Crippen molar-refractivity contribution in [2.24, 2.45) is 11.3 Å². The van der Waals surface area contributed by atoms with E-state index in [-0.39, 0.29) is 42.5 Å². The van der Waals surface area contributed by atoms with Gasteiger partial charge in [0, 0.05) is 25.1 Å². The lowest BCUT2D eigenvalue weighted by Gasteiger charge is -2.28. The summed E-state index contributed by atoms with van der Waals surface area (Å²) in [6, 6.07) is 0. The molecule has 2 N–H and O–H groups in total. The zero-order valence-electron chi connectivity index (χ0n) is 20.7. The number of Topliss-reactive ketones (excluding diaryl/α,β-unsaturated/α-hetero) is 1. The maximum absolute atomic E-state index is 11.8. The van der Waals surface area contributed by atoms with E-state index in [1.165, 1.54) is 6.92 Å². The van der Waals surface area contributed by atoms with Crippen molar-refractivity contribution in [1.82, 2.24) is 10.6 Å². The van der Waals surface area contributed by atoms with Crippen molar-refractivity contribution in [3.63, 3.8) is 0 Å². The molecule has 0 aliphatic heterocycles. The highest BCUT2D eigenvalue weighted by Crippen LogP contribution is 2.28. The van der Waals surface area contributed by atoms with Crippen LogP contribution in [-0.2, 0) is 23.8 Å². The van der Waals surface area contributed by atoms with E-state index < -0.39 is 18.2 Å². The highest BCUT2D eigenvalue weighted by atomic mass is 16.6. The molecule has 0 spiro atoms. The Morgan fingerprint density at radius 3 is 2.06 bits per heavy atom. The molecule has 0 heterocycles. The van der Waals surface area contributed by atoms with E-state index in [0.717, 1.165) is 12.8 Å². The largest absolute Gasteiger partial charge is 0.459 e. The molecule has 0 saturated carbocycles. The Morgan fingerprint density at radius 1 is 0.879 bits per heavy atom. The van der Waals surface area contributed by atoms with Crippen LogP contribution in [0.4, 0.5) is 9.59 Å². The van der Waals surface area contributed by atoms with Crippen molar-refractivity contribution < 1.29 is 33.4 Å². The number of esters is 1. The van der Waals surface area contributed by atoms with Gasteiger partial charge in [-0.2, -0.15) is 0 Å². The van der Waals surface area contributed by atoms with Crippen molar-refractivity contribution in [3.05, 3.63) is 24.3 Å². The quantitative estimate of drug-likeness (QED) is 0.152. The van der Waals surface area contributed by atoms with Crippen LogP contribution in [0.15, 0.2) is 24.3 Å². The van der Waals surface area contributed by atoms with Crippen LogP contribution in [0.2, 0.25) is 0 Å². The summed E-state index contributed by atoms with van der Waals surface area (Å²) >= 11 is 0. The van der Waals surface area contributed by atoms with Gasteiger partial charge < -0.3 is 24.8 Å². The van der Waals surface area contributed by atoms with Gasteiger partial charge >= 0.3 is 18.2 Å². The molecule has 0 aromatic rings.